The van der Waals surface area contributed by atoms with E-state index in [-0.39, 0.29) is 5.82 Å². The highest BCUT2D eigenvalue weighted by molar-refractivity contribution is 5.59. The van der Waals surface area contributed by atoms with Gasteiger partial charge in [0.1, 0.15) is 11.6 Å². The number of nitrogens with one attached hydrogen (secondary N) is 1. The van der Waals surface area contributed by atoms with Crippen molar-refractivity contribution in [2.24, 2.45) is 5.92 Å². The first-order valence-electron chi connectivity index (χ1n) is 8.10. The number of piperazine rings is 1. The number of rotatable bonds is 3. The number of benzene rings is 1. The van der Waals surface area contributed by atoms with Gasteiger partial charge in [0.15, 0.2) is 0 Å². The molecule has 1 aliphatic carbocycles. The molecule has 1 N–H and O–H groups in total. The van der Waals surface area contributed by atoms with Crippen molar-refractivity contribution in [2.45, 2.75) is 38.1 Å². The molecule has 3 rings (SSSR count). The van der Waals surface area contributed by atoms with Gasteiger partial charge in [-0.3, -0.25) is 0 Å². The summed E-state index contributed by atoms with van der Waals surface area (Å²) in [5.41, 5.74) is 1.02. The minimum atomic E-state index is -0.241. The minimum absolute atomic E-state index is 0.241. The van der Waals surface area contributed by atoms with Crippen molar-refractivity contribution in [3.63, 3.8) is 0 Å². The fourth-order valence-electron chi connectivity index (χ4n) is 3.76. The third-order valence-electron chi connectivity index (χ3n) is 4.91. The van der Waals surface area contributed by atoms with Gasteiger partial charge in [-0.1, -0.05) is 19.3 Å². The first kappa shape index (κ1) is 14.6. The summed E-state index contributed by atoms with van der Waals surface area (Å²) in [6.07, 6.45) is 6.79. The van der Waals surface area contributed by atoms with Crippen molar-refractivity contribution in [1.29, 1.82) is 0 Å². The summed E-state index contributed by atoms with van der Waals surface area (Å²) in [7, 11) is 1.61. The number of methoxy groups -OCH3 is 1. The summed E-state index contributed by atoms with van der Waals surface area (Å²) >= 11 is 0. The summed E-state index contributed by atoms with van der Waals surface area (Å²) in [6, 6.07) is 5.40. The molecular formula is C17H25FN2O. The smallest absolute Gasteiger partial charge is 0.145 e. The van der Waals surface area contributed by atoms with Gasteiger partial charge < -0.3 is 15.0 Å². The molecule has 1 heterocycles. The lowest BCUT2D eigenvalue weighted by Gasteiger charge is -2.40. The van der Waals surface area contributed by atoms with E-state index in [1.54, 1.807) is 7.11 Å². The molecule has 1 aromatic carbocycles. The van der Waals surface area contributed by atoms with Crippen molar-refractivity contribution in [3.8, 4) is 5.75 Å². The Morgan fingerprint density at radius 2 is 2.05 bits per heavy atom. The van der Waals surface area contributed by atoms with Crippen molar-refractivity contribution in [3.05, 3.63) is 24.0 Å². The maximum Gasteiger partial charge on any atom is 0.145 e. The average Bonchev–Trinajstić information content (AvgIpc) is 2.55. The fraction of sp³-hybridized carbons (Fsp3) is 0.647. The van der Waals surface area contributed by atoms with E-state index in [4.69, 9.17) is 4.74 Å². The second-order valence-corrected chi connectivity index (χ2v) is 6.22. The predicted molar refractivity (Wildman–Crippen MR) is 83.5 cm³/mol. The van der Waals surface area contributed by atoms with Gasteiger partial charge in [0.2, 0.25) is 0 Å². The third kappa shape index (κ3) is 3.31. The van der Waals surface area contributed by atoms with Crippen molar-refractivity contribution in [1.82, 2.24) is 5.32 Å². The van der Waals surface area contributed by atoms with Crippen LogP contribution in [-0.4, -0.2) is 32.8 Å². The molecule has 1 aromatic rings. The molecule has 0 amide bonds. The molecule has 1 saturated carbocycles. The molecular weight excluding hydrogens is 267 g/mol. The molecule has 0 radical (unpaired) electrons. The molecule has 2 fully saturated rings. The molecule has 21 heavy (non-hydrogen) atoms. The standard InChI is InChI=1S/C17H25FN2O/c1-21-17-11-14(18)7-8-16(17)20-10-9-19-15(12-20)13-5-3-2-4-6-13/h7-8,11,13,15,19H,2-6,9-10,12H2,1H3. The summed E-state index contributed by atoms with van der Waals surface area (Å²) in [4.78, 5) is 2.34. The molecule has 1 saturated heterocycles. The van der Waals surface area contributed by atoms with Gasteiger partial charge in [-0.2, -0.15) is 0 Å². The van der Waals surface area contributed by atoms with E-state index in [2.05, 4.69) is 10.2 Å². The average molecular weight is 292 g/mol. The number of hydrogen-bond acceptors (Lipinski definition) is 3. The van der Waals surface area contributed by atoms with Gasteiger partial charge in [0.05, 0.1) is 12.8 Å². The van der Waals surface area contributed by atoms with E-state index in [0.717, 1.165) is 31.2 Å². The highest BCUT2D eigenvalue weighted by Crippen LogP contribution is 2.32. The zero-order valence-electron chi connectivity index (χ0n) is 12.8. The van der Waals surface area contributed by atoms with Crippen LogP contribution in [0.4, 0.5) is 10.1 Å². The second-order valence-electron chi connectivity index (χ2n) is 6.22. The van der Waals surface area contributed by atoms with E-state index in [1.165, 1.54) is 44.2 Å². The highest BCUT2D eigenvalue weighted by atomic mass is 19.1. The molecule has 1 unspecified atom stereocenters. The maximum absolute atomic E-state index is 13.4. The Balaban J connectivity index is 1.73. The number of nitrogens with zero attached hydrogens (tertiary/aromatic N) is 1. The van der Waals surface area contributed by atoms with Crippen LogP contribution in [0.2, 0.25) is 0 Å². The van der Waals surface area contributed by atoms with Crippen LogP contribution >= 0.6 is 0 Å². The lowest BCUT2D eigenvalue weighted by Crippen LogP contribution is -2.54. The third-order valence-corrected chi connectivity index (χ3v) is 4.91. The Hall–Kier alpha value is -1.29. The molecule has 0 spiro atoms. The van der Waals surface area contributed by atoms with E-state index in [0.29, 0.717) is 11.8 Å². The molecule has 1 atom stereocenters. The summed E-state index contributed by atoms with van der Waals surface area (Å²) < 4.78 is 18.7. The summed E-state index contributed by atoms with van der Waals surface area (Å²) in [5, 5.41) is 3.68. The second kappa shape index (κ2) is 6.65. The van der Waals surface area contributed by atoms with Gasteiger partial charge in [-0.25, -0.2) is 4.39 Å². The SMILES string of the molecule is COc1cc(F)ccc1N1CCNC(C2CCCCC2)C1. The molecule has 4 heteroatoms. The van der Waals surface area contributed by atoms with Gasteiger partial charge in [0.25, 0.3) is 0 Å². The summed E-state index contributed by atoms with van der Waals surface area (Å²) in [6.45, 7) is 2.93. The largest absolute Gasteiger partial charge is 0.494 e. The lowest BCUT2D eigenvalue weighted by atomic mass is 9.83. The van der Waals surface area contributed by atoms with Crippen LogP contribution in [0.25, 0.3) is 0 Å². The lowest BCUT2D eigenvalue weighted by molar-refractivity contribution is 0.256. The van der Waals surface area contributed by atoms with Crippen LogP contribution in [0.1, 0.15) is 32.1 Å². The van der Waals surface area contributed by atoms with Gasteiger partial charge in [-0.05, 0) is 30.9 Å². The first-order valence-corrected chi connectivity index (χ1v) is 8.10. The summed E-state index contributed by atoms with van der Waals surface area (Å²) in [5.74, 6) is 1.18. The van der Waals surface area contributed by atoms with E-state index >= 15 is 0 Å². The monoisotopic (exact) mass is 292 g/mol. The van der Waals surface area contributed by atoms with E-state index in [9.17, 15) is 4.39 Å². The molecule has 1 aliphatic heterocycles. The van der Waals surface area contributed by atoms with Crippen LogP contribution in [0.15, 0.2) is 18.2 Å². The number of halogens is 1. The van der Waals surface area contributed by atoms with Crippen molar-refractivity contribution < 1.29 is 9.13 Å². The Labute approximate surface area is 126 Å². The molecule has 116 valence electrons. The molecule has 0 bridgehead atoms. The fourth-order valence-corrected chi connectivity index (χ4v) is 3.76. The van der Waals surface area contributed by atoms with Crippen LogP contribution in [0.5, 0.6) is 5.75 Å². The molecule has 2 aliphatic rings. The predicted octanol–water partition coefficient (Wildman–Crippen LogP) is 3.19. The number of anilines is 1. The van der Waals surface area contributed by atoms with Crippen LogP contribution < -0.4 is 15.0 Å². The van der Waals surface area contributed by atoms with Crippen LogP contribution in [0, 0.1) is 11.7 Å². The zero-order chi connectivity index (χ0) is 14.7. The Kier molecular flexibility index (Phi) is 4.63. The van der Waals surface area contributed by atoms with E-state index in [1.807, 2.05) is 6.07 Å². The van der Waals surface area contributed by atoms with Gasteiger partial charge >= 0.3 is 0 Å². The molecule has 0 aromatic heterocycles. The normalized spacial score (nSPS) is 24.1. The van der Waals surface area contributed by atoms with Crippen LogP contribution in [-0.2, 0) is 0 Å². The Morgan fingerprint density at radius 3 is 2.81 bits per heavy atom. The van der Waals surface area contributed by atoms with Crippen molar-refractivity contribution in [2.75, 3.05) is 31.6 Å². The quantitative estimate of drug-likeness (QED) is 0.926. The Morgan fingerprint density at radius 1 is 1.24 bits per heavy atom. The van der Waals surface area contributed by atoms with E-state index < -0.39 is 0 Å². The highest BCUT2D eigenvalue weighted by Gasteiger charge is 2.29. The zero-order valence-corrected chi connectivity index (χ0v) is 12.8. The number of hydrogen-bond donors (Lipinski definition) is 1. The van der Waals surface area contributed by atoms with Crippen molar-refractivity contribution >= 4 is 5.69 Å². The Bertz CT molecular complexity index is 474. The van der Waals surface area contributed by atoms with Gasteiger partial charge in [-0.15, -0.1) is 0 Å². The minimum Gasteiger partial charge on any atom is -0.494 e. The van der Waals surface area contributed by atoms with Crippen LogP contribution in [0.3, 0.4) is 0 Å². The van der Waals surface area contributed by atoms with Gasteiger partial charge in [0, 0.05) is 31.7 Å². The molecule has 3 nitrogen and oxygen atoms in total. The number of ether oxygens (including phenoxy) is 1. The first-order chi connectivity index (χ1) is 10.3. The maximum atomic E-state index is 13.4. The topological polar surface area (TPSA) is 24.5 Å².